The number of benzene rings is 1. The minimum absolute atomic E-state index is 0.0928. The van der Waals surface area contributed by atoms with Gasteiger partial charge in [0, 0.05) is 35.2 Å². The number of anilines is 1. The molecule has 0 aliphatic carbocycles. The Morgan fingerprint density at radius 3 is 2.62 bits per heavy atom. The van der Waals surface area contributed by atoms with E-state index in [1.807, 2.05) is 0 Å². The number of likely N-dealkylation sites (tertiary alicyclic amines) is 1. The lowest BCUT2D eigenvalue weighted by atomic mass is 10.0. The maximum atomic E-state index is 11.1. The highest BCUT2D eigenvalue weighted by molar-refractivity contribution is 9.10. The van der Waals surface area contributed by atoms with Crippen LogP contribution in [0.2, 0.25) is 0 Å². The number of hydrogen-bond donors (Lipinski definition) is 2. The van der Waals surface area contributed by atoms with Crippen molar-refractivity contribution < 1.29 is 9.72 Å². The Kier molecular flexibility index (Phi) is 4.66. The monoisotopic (exact) mass is 356 g/mol. The van der Waals surface area contributed by atoms with Crippen molar-refractivity contribution in [1.29, 1.82) is 0 Å². The lowest BCUT2D eigenvalue weighted by molar-refractivity contribution is -0.385. The lowest BCUT2D eigenvalue weighted by Crippen LogP contribution is -2.44. The number of rotatable bonds is 3. The van der Waals surface area contributed by atoms with Crippen molar-refractivity contribution in [3.05, 3.63) is 32.3 Å². The number of nitrogens with zero attached hydrogens (tertiary/aromatic N) is 2. The number of nitro groups is 1. The van der Waals surface area contributed by atoms with E-state index in [0.717, 1.165) is 17.3 Å². The molecule has 0 bridgehead atoms. The lowest BCUT2D eigenvalue weighted by Gasteiger charge is -2.32. The zero-order chi connectivity index (χ0) is 15.6. The molecule has 0 spiro atoms. The third kappa shape index (κ3) is 3.63. The first kappa shape index (κ1) is 15.6. The summed E-state index contributed by atoms with van der Waals surface area (Å²) in [6, 6.07) is 3.04. The van der Waals surface area contributed by atoms with E-state index in [1.165, 1.54) is 0 Å². The first-order valence-corrected chi connectivity index (χ1v) is 7.43. The van der Waals surface area contributed by atoms with E-state index < -0.39 is 6.03 Å². The normalized spacial score (nSPS) is 15.8. The van der Waals surface area contributed by atoms with Gasteiger partial charge in [-0.05, 0) is 41.8 Å². The van der Waals surface area contributed by atoms with Crippen molar-refractivity contribution in [2.45, 2.75) is 25.8 Å². The maximum Gasteiger partial charge on any atom is 0.314 e. The fourth-order valence-electron chi connectivity index (χ4n) is 2.43. The number of nitrogens with one attached hydrogen (secondary N) is 1. The molecule has 0 aromatic heterocycles. The van der Waals surface area contributed by atoms with E-state index in [4.69, 9.17) is 5.73 Å². The Morgan fingerprint density at radius 2 is 2.10 bits per heavy atom. The van der Waals surface area contributed by atoms with Gasteiger partial charge in [-0.2, -0.15) is 0 Å². The van der Waals surface area contributed by atoms with Crippen molar-refractivity contribution in [2.24, 2.45) is 5.73 Å². The van der Waals surface area contributed by atoms with Crippen LogP contribution in [0.4, 0.5) is 16.2 Å². The number of carbonyl (C=O) groups excluding carboxylic acids is 1. The number of halogens is 1. The molecule has 7 nitrogen and oxygen atoms in total. The van der Waals surface area contributed by atoms with Gasteiger partial charge in [-0.1, -0.05) is 0 Å². The van der Waals surface area contributed by atoms with Gasteiger partial charge >= 0.3 is 6.03 Å². The Balaban J connectivity index is 2.08. The number of aryl methyl sites for hydroxylation is 1. The molecule has 1 aliphatic heterocycles. The molecular weight excluding hydrogens is 340 g/mol. The molecule has 0 unspecified atom stereocenters. The average molecular weight is 357 g/mol. The van der Waals surface area contributed by atoms with Gasteiger partial charge in [-0.25, -0.2) is 4.79 Å². The molecule has 0 radical (unpaired) electrons. The van der Waals surface area contributed by atoms with Crippen LogP contribution in [0, 0.1) is 17.0 Å². The second-order valence-corrected chi connectivity index (χ2v) is 5.97. The van der Waals surface area contributed by atoms with Gasteiger partial charge in [0.05, 0.1) is 10.6 Å². The Morgan fingerprint density at radius 1 is 1.48 bits per heavy atom. The number of amides is 2. The molecule has 3 N–H and O–H groups in total. The van der Waals surface area contributed by atoms with Gasteiger partial charge < -0.3 is 16.0 Å². The second-order valence-electron chi connectivity index (χ2n) is 5.12. The second kappa shape index (κ2) is 6.30. The zero-order valence-corrected chi connectivity index (χ0v) is 13.2. The minimum Gasteiger partial charge on any atom is -0.381 e. The highest BCUT2D eigenvalue weighted by atomic mass is 79.9. The van der Waals surface area contributed by atoms with Gasteiger partial charge in [-0.3, -0.25) is 10.1 Å². The molecule has 2 amide bonds. The van der Waals surface area contributed by atoms with E-state index >= 15 is 0 Å². The molecular formula is C13H17BrN4O3. The molecule has 0 atom stereocenters. The summed E-state index contributed by atoms with van der Waals surface area (Å²) >= 11 is 3.42. The van der Waals surface area contributed by atoms with Crippen molar-refractivity contribution >= 4 is 33.3 Å². The SMILES string of the molecule is Cc1cc(Br)c(NC2CCN(C(N)=O)CC2)cc1[N+](=O)[O-]. The van der Waals surface area contributed by atoms with Crippen LogP contribution in [0.5, 0.6) is 0 Å². The van der Waals surface area contributed by atoms with E-state index in [1.54, 1.807) is 24.0 Å². The van der Waals surface area contributed by atoms with E-state index in [9.17, 15) is 14.9 Å². The number of nitro benzene ring substituents is 1. The van der Waals surface area contributed by atoms with Crippen LogP contribution in [0.25, 0.3) is 0 Å². The number of primary amides is 1. The summed E-state index contributed by atoms with van der Waals surface area (Å²) in [5, 5.41) is 14.3. The highest BCUT2D eigenvalue weighted by Gasteiger charge is 2.22. The fraction of sp³-hybridized carbons (Fsp3) is 0.462. The number of piperidine rings is 1. The van der Waals surface area contributed by atoms with E-state index in [-0.39, 0.29) is 16.7 Å². The number of urea groups is 1. The summed E-state index contributed by atoms with van der Waals surface area (Å²) in [5.41, 5.74) is 6.65. The van der Waals surface area contributed by atoms with Crippen molar-refractivity contribution in [1.82, 2.24) is 4.90 Å². The molecule has 8 heteroatoms. The largest absolute Gasteiger partial charge is 0.381 e. The predicted molar refractivity (Wildman–Crippen MR) is 83.3 cm³/mol. The molecule has 1 aromatic rings. The van der Waals surface area contributed by atoms with Gasteiger partial charge in [-0.15, -0.1) is 0 Å². The van der Waals surface area contributed by atoms with Gasteiger partial charge in [0.25, 0.3) is 5.69 Å². The summed E-state index contributed by atoms with van der Waals surface area (Å²) in [6.45, 7) is 2.90. The molecule has 1 aliphatic rings. The number of hydrogen-bond acceptors (Lipinski definition) is 4. The molecule has 1 aromatic carbocycles. The topological polar surface area (TPSA) is 102 Å². The smallest absolute Gasteiger partial charge is 0.314 e. The number of carbonyl (C=O) groups is 1. The Hall–Kier alpha value is -1.83. The summed E-state index contributed by atoms with van der Waals surface area (Å²) in [5.74, 6) is 0. The summed E-state index contributed by atoms with van der Waals surface area (Å²) in [4.78, 5) is 23.3. The minimum atomic E-state index is -0.402. The molecule has 114 valence electrons. The quantitative estimate of drug-likeness (QED) is 0.641. The molecule has 1 fully saturated rings. The van der Waals surface area contributed by atoms with Crippen molar-refractivity contribution in [2.75, 3.05) is 18.4 Å². The zero-order valence-electron chi connectivity index (χ0n) is 11.6. The van der Waals surface area contributed by atoms with Crippen LogP contribution in [-0.2, 0) is 0 Å². The molecule has 0 saturated carbocycles. The highest BCUT2D eigenvalue weighted by Crippen LogP contribution is 2.32. The van der Waals surface area contributed by atoms with Gasteiger partial charge in [0.2, 0.25) is 0 Å². The summed E-state index contributed by atoms with van der Waals surface area (Å²) in [6.07, 6.45) is 1.52. The van der Waals surface area contributed by atoms with Gasteiger partial charge in [0.1, 0.15) is 0 Å². The van der Waals surface area contributed by atoms with Crippen LogP contribution in [0.15, 0.2) is 16.6 Å². The Bertz CT molecular complexity index is 571. The third-order valence-electron chi connectivity index (χ3n) is 3.65. The number of nitrogens with two attached hydrogens (primary N) is 1. The predicted octanol–water partition coefficient (Wildman–Crippen LogP) is 2.62. The summed E-state index contributed by atoms with van der Waals surface area (Å²) in [7, 11) is 0. The van der Waals surface area contributed by atoms with Crippen LogP contribution >= 0.6 is 15.9 Å². The van der Waals surface area contributed by atoms with Crippen LogP contribution in [-0.4, -0.2) is 35.0 Å². The maximum absolute atomic E-state index is 11.1. The van der Waals surface area contributed by atoms with E-state index in [0.29, 0.717) is 24.3 Å². The van der Waals surface area contributed by atoms with E-state index in [2.05, 4.69) is 21.2 Å². The van der Waals surface area contributed by atoms with Crippen molar-refractivity contribution in [3.8, 4) is 0 Å². The molecule has 1 heterocycles. The van der Waals surface area contributed by atoms with Gasteiger partial charge in [0.15, 0.2) is 0 Å². The first-order valence-electron chi connectivity index (χ1n) is 6.64. The van der Waals surface area contributed by atoms with Crippen LogP contribution < -0.4 is 11.1 Å². The first-order chi connectivity index (χ1) is 9.88. The molecule has 21 heavy (non-hydrogen) atoms. The molecule has 1 saturated heterocycles. The van der Waals surface area contributed by atoms with Crippen LogP contribution in [0.3, 0.4) is 0 Å². The Labute approximate surface area is 130 Å². The molecule has 2 rings (SSSR count). The van der Waals surface area contributed by atoms with Crippen molar-refractivity contribution in [3.63, 3.8) is 0 Å². The fourth-order valence-corrected chi connectivity index (χ4v) is 3.01. The third-order valence-corrected chi connectivity index (χ3v) is 4.30. The summed E-state index contributed by atoms with van der Waals surface area (Å²) < 4.78 is 0.794. The average Bonchev–Trinajstić information content (AvgIpc) is 2.42. The standard InChI is InChI=1S/C13H17BrN4O3/c1-8-6-10(14)11(7-12(8)18(20)21)16-9-2-4-17(5-3-9)13(15)19/h6-7,9,16H,2-5H2,1H3,(H2,15,19). The van der Waals surface area contributed by atoms with Crippen LogP contribution in [0.1, 0.15) is 18.4 Å².